The SMILES string of the molecule is CN(C)c1ccc(-c2oc(-c3ccc(C(C)(C)C)cc3)nc2C(=O)NCc2ccccc2C(F)(F)F)cc1. The van der Waals surface area contributed by atoms with Gasteiger partial charge in [-0.05, 0) is 59.0 Å². The van der Waals surface area contributed by atoms with Gasteiger partial charge in [0.15, 0.2) is 11.5 Å². The van der Waals surface area contributed by atoms with Crippen LogP contribution in [-0.4, -0.2) is 25.0 Å². The fourth-order valence-electron chi connectivity index (χ4n) is 4.03. The third kappa shape index (κ3) is 5.90. The number of hydrogen-bond donors (Lipinski definition) is 1. The molecule has 1 amide bonds. The second-order valence-corrected chi connectivity index (χ2v) is 10.3. The molecule has 0 atom stereocenters. The highest BCUT2D eigenvalue weighted by atomic mass is 19.4. The Morgan fingerprint density at radius 1 is 0.895 bits per heavy atom. The number of alkyl halides is 3. The Labute approximate surface area is 220 Å². The van der Waals surface area contributed by atoms with Gasteiger partial charge in [-0.1, -0.05) is 51.1 Å². The number of hydrogen-bond acceptors (Lipinski definition) is 4. The molecule has 0 fully saturated rings. The standard InChI is InChI=1S/C30H30F3N3O2/c1-29(2,3)22-14-10-20(11-15-22)28-35-25(26(38-28)19-12-16-23(17-13-19)36(4)5)27(37)34-18-21-8-6-7-9-24(21)30(31,32)33/h6-17H,18H2,1-5H3,(H,34,37). The van der Waals surface area contributed by atoms with E-state index in [1.165, 1.54) is 18.2 Å². The molecule has 5 nitrogen and oxygen atoms in total. The molecule has 4 aromatic rings. The molecule has 1 N–H and O–H groups in total. The van der Waals surface area contributed by atoms with Crippen LogP contribution >= 0.6 is 0 Å². The van der Waals surface area contributed by atoms with E-state index >= 15 is 0 Å². The number of rotatable bonds is 6. The van der Waals surface area contributed by atoms with Gasteiger partial charge in [-0.3, -0.25) is 4.79 Å². The van der Waals surface area contributed by atoms with Crippen molar-refractivity contribution in [1.29, 1.82) is 0 Å². The summed E-state index contributed by atoms with van der Waals surface area (Å²) in [6.45, 7) is 6.03. The molecule has 0 saturated carbocycles. The Hall–Kier alpha value is -4.07. The molecule has 8 heteroatoms. The molecule has 0 spiro atoms. The molecule has 0 aliphatic rings. The maximum Gasteiger partial charge on any atom is 0.416 e. The molecule has 1 heterocycles. The number of anilines is 1. The van der Waals surface area contributed by atoms with Crippen molar-refractivity contribution in [2.75, 3.05) is 19.0 Å². The molecule has 198 valence electrons. The summed E-state index contributed by atoms with van der Waals surface area (Å²) < 4.78 is 46.4. The fourth-order valence-corrected chi connectivity index (χ4v) is 4.03. The van der Waals surface area contributed by atoms with Crippen molar-refractivity contribution in [1.82, 2.24) is 10.3 Å². The van der Waals surface area contributed by atoms with Crippen LogP contribution in [0.3, 0.4) is 0 Å². The average Bonchev–Trinajstić information content (AvgIpc) is 3.32. The van der Waals surface area contributed by atoms with E-state index in [9.17, 15) is 18.0 Å². The van der Waals surface area contributed by atoms with Gasteiger partial charge in [0, 0.05) is 37.5 Å². The molecule has 0 bridgehead atoms. The lowest BCUT2D eigenvalue weighted by Crippen LogP contribution is -2.25. The lowest BCUT2D eigenvalue weighted by Gasteiger charge is -2.18. The first-order valence-electron chi connectivity index (χ1n) is 12.2. The van der Waals surface area contributed by atoms with E-state index in [1.807, 2.05) is 67.5 Å². The van der Waals surface area contributed by atoms with E-state index in [4.69, 9.17) is 4.42 Å². The van der Waals surface area contributed by atoms with Crippen LogP contribution < -0.4 is 10.2 Å². The van der Waals surface area contributed by atoms with Crippen LogP contribution in [0.1, 0.15) is 48.0 Å². The maximum absolute atomic E-state index is 13.4. The van der Waals surface area contributed by atoms with Crippen LogP contribution in [0.4, 0.5) is 18.9 Å². The number of amides is 1. The molecule has 0 saturated heterocycles. The zero-order valence-corrected chi connectivity index (χ0v) is 22.0. The fraction of sp³-hybridized carbons (Fsp3) is 0.267. The Morgan fingerprint density at radius 3 is 2.08 bits per heavy atom. The summed E-state index contributed by atoms with van der Waals surface area (Å²) in [5.41, 5.74) is 2.54. The smallest absolute Gasteiger partial charge is 0.416 e. The molecule has 0 unspecified atom stereocenters. The van der Waals surface area contributed by atoms with Crippen LogP contribution in [0.5, 0.6) is 0 Å². The van der Waals surface area contributed by atoms with Gasteiger partial charge < -0.3 is 14.6 Å². The summed E-state index contributed by atoms with van der Waals surface area (Å²) in [4.78, 5) is 19.7. The summed E-state index contributed by atoms with van der Waals surface area (Å²) in [5.74, 6) is -0.139. The normalized spacial score (nSPS) is 11.9. The number of carbonyl (C=O) groups excluding carboxylic acids is 1. The summed E-state index contributed by atoms with van der Waals surface area (Å²) in [5, 5.41) is 2.59. The molecule has 38 heavy (non-hydrogen) atoms. The van der Waals surface area contributed by atoms with Crippen molar-refractivity contribution < 1.29 is 22.4 Å². The number of carbonyl (C=O) groups is 1. The molecule has 0 aliphatic carbocycles. The lowest BCUT2D eigenvalue weighted by atomic mass is 9.87. The van der Waals surface area contributed by atoms with Gasteiger partial charge in [0.05, 0.1) is 5.56 Å². The zero-order valence-electron chi connectivity index (χ0n) is 22.0. The van der Waals surface area contributed by atoms with Gasteiger partial charge in [-0.25, -0.2) is 4.98 Å². The predicted molar refractivity (Wildman–Crippen MR) is 143 cm³/mol. The minimum Gasteiger partial charge on any atom is -0.435 e. The van der Waals surface area contributed by atoms with Crippen LogP contribution in [0, 0.1) is 0 Å². The quantitative estimate of drug-likeness (QED) is 0.289. The van der Waals surface area contributed by atoms with E-state index in [0.29, 0.717) is 11.1 Å². The van der Waals surface area contributed by atoms with Gasteiger partial charge in [0.1, 0.15) is 0 Å². The average molecular weight is 522 g/mol. The molecular weight excluding hydrogens is 491 g/mol. The van der Waals surface area contributed by atoms with Crippen LogP contribution in [-0.2, 0) is 18.1 Å². The number of nitrogens with zero attached hydrogens (tertiary/aromatic N) is 2. The Balaban J connectivity index is 1.69. The van der Waals surface area contributed by atoms with Gasteiger partial charge >= 0.3 is 6.18 Å². The van der Waals surface area contributed by atoms with Crippen molar-refractivity contribution in [3.63, 3.8) is 0 Å². The third-order valence-corrected chi connectivity index (χ3v) is 6.25. The predicted octanol–water partition coefficient (Wildman–Crippen LogP) is 7.32. The van der Waals surface area contributed by atoms with E-state index in [1.54, 1.807) is 0 Å². The highest BCUT2D eigenvalue weighted by molar-refractivity contribution is 5.98. The molecule has 4 rings (SSSR count). The van der Waals surface area contributed by atoms with Crippen molar-refractivity contribution >= 4 is 11.6 Å². The summed E-state index contributed by atoms with van der Waals surface area (Å²) in [6.07, 6.45) is -4.53. The molecule has 3 aromatic carbocycles. The van der Waals surface area contributed by atoms with Gasteiger partial charge in [0.2, 0.25) is 5.89 Å². The Morgan fingerprint density at radius 2 is 1.50 bits per heavy atom. The topological polar surface area (TPSA) is 58.4 Å². The Bertz CT molecular complexity index is 1420. The maximum atomic E-state index is 13.4. The van der Waals surface area contributed by atoms with Gasteiger partial charge in [0.25, 0.3) is 5.91 Å². The molecule has 1 aromatic heterocycles. The molecule has 0 aliphatic heterocycles. The number of halogens is 3. The highest BCUT2D eigenvalue weighted by Crippen LogP contribution is 2.34. The first-order chi connectivity index (χ1) is 17.8. The monoisotopic (exact) mass is 521 g/mol. The summed E-state index contributed by atoms with van der Waals surface area (Å²) in [6, 6.07) is 20.3. The van der Waals surface area contributed by atoms with Crippen molar-refractivity contribution in [2.45, 2.75) is 38.9 Å². The van der Waals surface area contributed by atoms with Crippen molar-refractivity contribution in [2.24, 2.45) is 0 Å². The number of aromatic nitrogens is 1. The van der Waals surface area contributed by atoms with E-state index < -0.39 is 17.6 Å². The van der Waals surface area contributed by atoms with Crippen LogP contribution in [0.25, 0.3) is 22.8 Å². The lowest BCUT2D eigenvalue weighted by molar-refractivity contribution is -0.138. The minimum atomic E-state index is -4.53. The molecular formula is C30H30F3N3O2. The largest absolute Gasteiger partial charge is 0.435 e. The number of nitrogens with one attached hydrogen (secondary N) is 1. The van der Waals surface area contributed by atoms with Crippen molar-refractivity contribution in [3.8, 4) is 22.8 Å². The van der Waals surface area contributed by atoms with Crippen LogP contribution in [0.15, 0.2) is 77.2 Å². The molecule has 0 radical (unpaired) electrons. The second-order valence-electron chi connectivity index (χ2n) is 10.3. The first-order valence-corrected chi connectivity index (χ1v) is 12.2. The van der Waals surface area contributed by atoms with Gasteiger partial charge in [-0.2, -0.15) is 13.2 Å². The number of oxazole rings is 1. The minimum absolute atomic E-state index is 0.00184. The van der Waals surface area contributed by atoms with E-state index in [-0.39, 0.29) is 34.9 Å². The Kier molecular flexibility index (Phi) is 7.35. The van der Waals surface area contributed by atoms with Crippen LogP contribution in [0.2, 0.25) is 0 Å². The summed E-state index contributed by atoms with van der Waals surface area (Å²) in [7, 11) is 3.83. The zero-order chi connectivity index (χ0) is 27.7. The first kappa shape index (κ1) is 27.0. The van der Waals surface area contributed by atoms with E-state index in [2.05, 4.69) is 31.1 Å². The second kappa shape index (κ2) is 10.4. The summed E-state index contributed by atoms with van der Waals surface area (Å²) >= 11 is 0. The third-order valence-electron chi connectivity index (χ3n) is 6.25. The highest BCUT2D eigenvalue weighted by Gasteiger charge is 2.33. The van der Waals surface area contributed by atoms with Gasteiger partial charge in [-0.15, -0.1) is 0 Å². The van der Waals surface area contributed by atoms with E-state index in [0.717, 1.165) is 17.3 Å². The number of benzene rings is 3. The van der Waals surface area contributed by atoms with Crippen molar-refractivity contribution in [3.05, 3.63) is 95.2 Å².